The Morgan fingerprint density at radius 1 is 1.56 bits per heavy atom. The average Bonchev–Trinajstić information content (AvgIpc) is 1.65. The van der Waals surface area contributed by atoms with Crippen molar-refractivity contribution in [3.63, 3.8) is 0 Å². The summed E-state index contributed by atoms with van der Waals surface area (Å²) in [6.45, 7) is 1.68. The van der Waals surface area contributed by atoms with Gasteiger partial charge in [0.25, 0.3) is 0 Å². The minimum Gasteiger partial charge on any atom is -0.165 e. The smallest absolute Gasteiger partial charge is 0.165 e. The van der Waals surface area contributed by atoms with Gasteiger partial charge in [-0.15, -0.1) is 0 Å². The van der Waals surface area contributed by atoms with Crippen LogP contribution in [0.5, 0.6) is 0 Å². The summed E-state index contributed by atoms with van der Waals surface area (Å²) in [5.74, 6) is -0.125. The van der Waals surface area contributed by atoms with Gasteiger partial charge in [0.05, 0.1) is 4.48 Å². The number of hydrogen-bond acceptors (Lipinski definition) is 2. The van der Waals surface area contributed by atoms with Gasteiger partial charge in [0, 0.05) is 0 Å². The third-order valence-corrected chi connectivity index (χ3v) is 2.54. The molecule has 55 valence electrons. The first-order valence-corrected chi connectivity index (χ1v) is 4.24. The first kappa shape index (κ1) is 8.84. The van der Waals surface area contributed by atoms with Crippen LogP contribution in [0.4, 0.5) is 4.48 Å². The van der Waals surface area contributed by atoms with E-state index >= 15 is 0 Å². The Hall–Kier alpha value is -0.160. The molecule has 0 spiro atoms. The SMILES string of the molecule is CCCS(=O)(=O)[N+](C)F. The zero-order valence-electron chi connectivity index (χ0n) is 5.46. The van der Waals surface area contributed by atoms with Gasteiger partial charge < -0.3 is 0 Å². The van der Waals surface area contributed by atoms with Crippen molar-refractivity contribution in [3.8, 4) is 0 Å². The van der Waals surface area contributed by atoms with Gasteiger partial charge in [-0.05, 0) is 6.42 Å². The highest BCUT2D eigenvalue weighted by Crippen LogP contribution is 1.95. The molecule has 0 aliphatic carbocycles. The molecular weight excluding hydrogens is 145 g/mol. The van der Waals surface area contributed by atoms with E-state index in [9.17, 15) is 12.9 Å². The topological polar surface area (TPSA) is 40.0 Å². The standard InChI is InChI=1S/C4H10FNO2S/c1-3-4-9(7,8)6(2)5/h3-4H2,1-2H3/q+1. The molecule has 0 N–H and O–H groups in total. The second kappa shape index (κ2) is 3.12. The van der Waals surface area contributed by atoms with Crippen LogP contribution in [0.1, 0.15) is 13.3 Å². The average molecular weight is 155 g/mol. The van der Waals surface area contributed by atoms with Crippen molar-refractivity contribution in [1.29, 1.82) is 0 Å². The van der Waals surface area contributed by atoms with E-state index in [2.05, 4.69) is 0 Å². The predicted octanol–water partition coefficient (Wildman–Crippen LogP) is 0.381. The van der Waals surface area contributed by atoms with Crippen LogP contribution in [-0.4, -0.2) is 21.2 Å². The van der Waals surface area contributed by atoms with Crippen molar-refractivity contribution in [2.24, 2.45) is 0 Å². The monoisotopic (exact) mass is 155 g/mol. The number of hydrogen-bond donors (Lipinski definition) is 0. The molecule has 0 saturated carbocycles. The first-order chi connectivity index (χ1) is 4.00. The predicted molar refractivity (Wildman–Crippen MR) is 33.2 cm³/mol. The zero-order valence-corrected chi connectivity index (χ0v) is 6.28. The van der Waals surface area contributed by atoms with Gasteiger partial charge in [0.15, 0.2) is 11.6 Å². The Kier molecular flexibility index (Phi) is 3.07. The van der Waals surface area contributed by atoms with Crippen LogP contribution in [0.3, 0.4) is 0 Å². The molecule has 0 amide bonds. The highest BCUT2D eigenvalue weighted by molar-refractivity contribution is 7.89. The summed E-state index contributed by atoms with van der Waals surface area (Å²) < 4.78 is 32.6. The minimum absolute atomic E-state index is 0.125. The van der Waals surface area contributed by atoms with E-state index in [4.69, 9.17) is 0 Å². The molecule has 0 aromatic carbocycles. The maximum absolute atomic E-state index is 11.9. The molecule has 0 rings (SSSR count). The lowest BCUT2D eigenvalue weighted by Crippen LogP contribution is -2.26. The van der Waals surface area contributed by atoms with Gasteiger partial charge in [-0.25, -0.2) is 0 Å². The van der Waals surface area contributed by atoms with Crippen LogP contribution >= 0.6 is 0 Å². The molecule has 0 saturated heterocycles. The quantitative estimate of drug-likeness (QED) is 0.553. The minimum atomic E-state index is -3.58. The summed E-state index contributed by atoms with van der Waals surface area (Å²) in [6, 6.07) is 0. The van der Waals surface area contributed by atoms with E-state index in [1.165, 1.54) is 0 Å². The Morgan fingerprint density at radius 3 is 2.11 bits per heavy atom. The molecule has 0 heterocycles. The molecule has 0 aromatic rings. The van der Waals surface area contributed by atoms with Gasteiger partial charge in [-0.1, -0.05) is 6.92 Å². The Labute approximate surface area is 54.5 Å². The van der Waals surface area contributed by atoms with E-state index in [1.807, 2.05) is 0 Å². The van der Waals surface area contributed by atoms with Crippen LogP contribution in [-0.2, 0) is 10.0 Å². The lowest BCUT2D eigenvalue weighted by Gasteiger charge is -1.91. The number of sulfonamides is 1. The lowest BCUT2D eigenvalue weighted by atomic mass is 10.6. The number of halogens is 1. The summed E-state index contributed by atoms with van der Waals surface area (Å²) in [5.41, 5.74) is 0. The highest BCUT2D eigenvalue weighted by atomic mass is 32.2. The lowest BCUT2D eigenvalue weighted by molar-refractivity contribution is 0.288. The van der Waals surface area contributed by atoms with Crippen molar-refractivity contribution in [2.75, 3.05) is 12.8 Å². The van der Waals surface area contributed by atoms with Crippen LogP contribution in [0.15, 0.2) is 0 Å². The summed E-state index contributed by atoms with van der Waals surface area (Å²) in [6.07, 6.45) is 0.441. The highest BCUT2D eigenvalue weighted by Gasteiger charge is 2.27. The first-order valence-electron chi connectivity index (χ1n) is 2.63. The molecule has 9 heavy (non-hydrogen) atoms. The Morgan fingerprint density at radius 2 is 2.00 bits per heavy atom. The number of rotatable bonds is 3. The Balaban J connectivity index is 4.05. The number of nitrogens with zero attached hydrogens (tertiary/aromatic N) is 1. The second-order valence-corrected chi connectivity index (χ2v) is 3.78. The fourth-order valence-corrected chi connectivity index (χ4v) is 1.15. The third-order valence-electron chi connectivity index (χ3n) is 0.845. The van der Waals surface area contributed by atoms with Crippen molar-refractivity contribution >= 4 is 10.0 Å². The maximum atomic E-state index is 11.9. The van der Waals surface area contributed by atoms with Gasteiger partial charge in [0.1, 0.15) is 5.75 Å². The summed E-state index contributed by atoms with van der Waals surface area (Å²) >= 11 is 0. The molecule has 0 aliphatic rings. The van der Waals surface area contributed by atoms with Crippen LogP contribution in [0, 0.1) is 0 Å². The second-order valence-electron chi connectivity index (χ2n) is 1.71. The van der Waals surface area contributed by atoms with Crippen LogP contribution in [0.2, 0.25) is 0 Å². The summed E-state index contributed by atoms with van der Waals surface area (Å²) in [5, 5.41) is 0. The third kappa shape index (κ3) is 2.76. The molecule has 0 bridgehead atoms. The van der Waals surface area contributed by atoms with Gasteiger partial charge >= 0.3 is 10.0 Å². The van der Waals surface area contributed by atoms with E-state index in [0.29, 0.717) is 6.42 Å². The van der Waals surface area contributed by atoms with Crippen LogP contribution in [0.25, 0.3) is 0 Å². The zero-order chi connectivity index (χ0) is 7.49. The molecule has 0 fully saturated rings. The molecule has 3 nitrogen and oxygen atoms in total. The van der Waals surface area contributed by atoms with E-state index < -0.39 is 10.0 Å². The fourth-order valence-electron chi connectivity index (χ4n) is 0.384. The van der Waals surface area contributed by atoms with Crippen molar-refractivity contribution in [1.82, 2.24) is 4.53 Å². The molecule has 1 radical (unpaired) electrons. The van der Waals surface area contributed by atoms with E-state index in [1.54, 1.807) is 6.92 Å². The largest absolute Gasteiger partial charge is 0.381 e. The summed E-state index contributed by atoms with van der Waals surface area (Å²) in [4.78, 5) is 0. The molecule has 0 unspecified atom stereocenters. The molecule has 0 aliphatic heterocycles. The molecule has 0 atom stereocenters. The van der Waals surface area contributed by atoms with Gasteiger partial charge in [-0.2, -0.15) is 8.42 Å². The van der Waals surface area contributed by atoms with E-state index in [0.717, 1.165) is 7.05 Å². The van der Waals surface area contributed by atoms with E-state index in [-0.39, 0.29) is 10.3 Å². The fraction of sp³-hybridized carbons (Fsp3) is 1.00. The van der Waals surface area contributed by atoms with Crippen molar-refractivity contribution < 1.29 is 12.9 Å². The molecule has 0 aromatic heterocycles. The summed E-state index contributed by atoms with van der Waals surface area (Å²) in [7, 11) is -2.70. The van der Waals surface area contributed by atoms with Crippen LogP contribution < -0.4 is 4.53 Å². The maximum Gasteiger partial charge on any atom is 0.381 e. The van der Waals surface area contributed by atoms with Crippen molar-refractivity contribution in [2.45, 2.75) is 13.3 Å². The molecular formula is C4H10FNO2S+. The normalized spacial score (nSPS) is 12.4. The molecule has 5 heteroatoms. The van der Waals surface area contributed by atoms with Crippen molar-refractivity contribution in [3.05, 3.63) is 0 Å². The Bertz CT molecular complexity index is 163. The van der Waals surface area contributed by atoms with Gasteiger partial charge in [-0.3, -0.25) is 0 Å². The van der Waals surface area contributed by atoms with Gasteiger partial charge in [0.2, 0.25) is 0 Å².